The minimum absolute atomic E-state index is 0. The van der Waals surface area contributed by atoms with Gasteiger partial charge in [0.15, 0.2) is 11.1 Å². The first kappa shape index (κ1) is 21.7. The van der Waals surface area contributed by atoms with Crippen LogP contribution in [0.25, 0.3) is 0 Å². The molecule has 0 amide bonds. The Morgan fingerprint density at radius 3 is 1.48 bits per heavy atom. The van der Waals surface area contributed by atoms with Crippen LogP contribution in [0.2, 0.25) is 0 Å². The summed E-state index contributed by atoms with van der Waals surface area (Å²) in [4.78, 5) is 0. The van der Waals surface area contributed by atoms with Gasteiger partial charge >= 0.3 is 0 Å². The van der Waals surface area contributed by atoms with Gasteiger partial charge in [-0.05, 0) is 5.92 Å². The Morgan fingerprint density at radius 2 is 1.16 bits per heavy atom. The van der Waals surface area contributed by atoms with Crippen molar-refractivity contribution in [3.63, 3.8) is 0 Å². The lowest BCUT2D eigenvalue weighted by Crippen LogP contribution is -3.00. The number of hydrogen-bond donors (Lipinski definition) is 0. The normalized spacial score (nSPS) is 11.9. The van der Waals surface area contributed by atoms with Crippen molar-refractivity contribution in [2.75, 3.05) is 28.3 Å². The van der Waals surface area contributed by atoms with E-state index in [0.29, 0.717) is 0 Å². The van der Waals surface area contributed by atoms with Gasteiger partial charge in [-0.3, -0.25) is 0 Å². The third kappa shape index (κ3) is 4.63. The molecule has 0 fully saturated rings. The maximum atomic E-state index is 6.04. The van der Waals surface area contributed by atoms with Gasteiger partial charge < -0.3 is 33.2 Å². The maximum Gasteiger partial charge on any atom is 0.179 e. The van der Waals surface area contributed by atoms with Crippen molar-refractivity contribution in [1.82, 2.24) is 0 Å². The van der Waals surface area contributed by atoms with Gasteiger partial charge in [0.25, 0.3) is 0 Å². The van der Waals surface area contributed by atoms with Crippen molar-refractivity contribution in [3.8, 4) is 11.8 Å². The number of rotatable bonds is 4. The average molecular weight is 449 g/mol. The molecule has 0 atom stereocenters. The molecule has 0 aliphatic heterocycles. The zero-order chi connectivity index (χ0) is 17.8. The van der Waals surface area contributed by atoms with Crippen LogP contribution in [-0.2, 0) is 10.3 Å². The molecule has 0 aliphatic carbocycles. The summed E-state index contributed by atoms with van der Waals surface area (Å²) in [5, 5.41) is 0. The van der Waals surface area contributed by atoms with Crippen molar-refractivity contribution < 1.29 is 33.2 Å². The van der Waals surface area contributed by atoms with E-state index in [2.05, 4.69) is 71.1 Å². The monoisotopic (exact) mass is 449 g/mol. The Labute approximate surface area is 169 Å². The van der Waals surface area contributed by atoms with Crippen molar-refractivity contribution in [2.24, 2.45) is 0 Å². The van der Waals surface area contributed by atoms with Crippen LogP contribution >= 0.6 is 0 Å². The second-order valence-corrected chi connectivity index (χ2v) is 7.44. The van der Waals surface area contributed by atoms with E-state index in [1.165, 1.54) is 0 Å². The first-order valence-electron chi connectivity index (χ1n) is 8.25. The van der Waals surface area contributed by atoms with E-state index in [1.54, 1.807) is 7.11 Å². The molecule has 134 valence electrons. The summed E-state index contributed by atoms with van der Waals surface area (Å²) in [6.07, 6.45) is 0. The summed E-state index contributed by atoms with van der Waals surface area (Å²) in [5.41, 5.74) is 1.12. The van der Waals surface area contributed by atoms with E-state index in [4.69, 9.17) is 4.74 Å². The van der Waals surface area contributed by atoms with Gasteiger partial charge in [-0.2, -0.15) is 0 Å². The van der Waals surface area contributed by atoms with Crippen molar-refractivity contribution in [3.05, 3.63) is 71.8 Å². The van der Waals surface area contributed by atoms with Gasteiger partial charge in [-0.1, -0.05) is 66.6 Å². The topological polar surface area (TPSA) is 9.23 Å². The van der Waals surface area contributed by atoms with Gasteiger partial charge in [-0.25, -0.2) is 0 Å². The van der Waals surface area contributed by atoms with Crippen LogP contribution in [0, 0.1) is 11.8 Å². The third-order valence-corrected chi connectivity index (χ3v) is 4.89. The van der Waals surface area contributed by atoms with E-state index in [9.17, 15) is 0 Å². The van der Waals surface area contributed by atoms with Crippen LogP contribution in [-0.4, -0.2) is 38.3 Å². The van der Waals surface area contributed by atoms with E-state index < -0.39 is 5.60 Å². The number of ether oxygens (including phenoxy) is 1. The van der Waals surface area contributed by atoms with Crippen LogP contribution in [0.3, 0.4) is 0 Å². The quantitative estimate of drug-likeness (QED) is 0.386. The van der Waals surface area contributed by atoms with Gasteiger partial charge in [0.05, 0.1) is 21.1 Å². The van der Waals surface area contributed by atoms with Crippen LogP contribution in [0.4, 0.5) is 0 Å². The molecular formula is C22H28INO. The molecule has 2 aromatic rings. The van der Waals surface area contributed by atoms with E-state index in [0.717, 1.165) is 15.6 Å². The first-order chi connectivity index (χ1) is 11.2. The highest BCUT2D eigenvalue weighted by Crippen LogP contribution is 2.33. The molecule has 0 saturated heterocycles. The van der Waals surface area contributed by atoms with Gasteiger partial charge in [0.2, 0.25) is 0 Å². The minimum Gasteiger partial charge on any atom is -1.00 e. The number of benzene rings is 2. The summed E-state index contributed by atoms with van der Waals surface area (Å²) in [7, 11) is 8.21. The van der Waals surface area contributed by atoms with E-state index in [-0.39, 0.29) is 29.5 Å². The fraction of sp³-hybridized carbons (Fsp3) is 0.364. The van der Waals surface area contributed by atoms with Crippen molar-refractivity contribution in [2.45, 2.75) is 25.0 Å². The molecule has 25 heavy (non-hydrogen) atoms. The number of methoxy groups -OCH3 is 1. The van der Waals surface area contributed by atoms with E-state index >= 15 is 0 Å². The molecular weight excluding hydrogens is 421 g/mol. The fourth-order valence-electron chi connectivity index (χ4n) is 2.35. The highest BCUT2D eigenvalue weighted by Gasteiger charge is 2.35. The highest BCUT2D eigenvalue weighted by molar-refractivity contribution is 5.45. The molecule has 2 rings (SSSR count). The largest absolute Gasteiger partial charge is 1.00 e. The van der Waals surface area contributed by atoms with Crippen LogP contribution < -0.4 is 24.0 Å². The van der Waals surface area contributed by atoms with Crippen LogP contribution in [0.1, 0.15) is 25.0 Å². The van der Waals surface area contributed by atoms with Crippen molar-refractivity contribution in [1.29, 1.82) is 0 Å². The van der Waals surface area contributed by atoms with Crippen molar-refractivity contribution >= 4 is 0 Å². The standard InChI is InChI=1S/C22H28NO.HI/c1-21(2,23(3,4)5)17-18-22(24-6,19-13-9-7-10-14-19)20-15-11-8-12-16-20;/h7-16H,1-6H3;1H/q+1;/p-1. The molecule has 2 aromatic carbocycles. The summed E-state index contributed by atoms with van der Waals surface area (Å²) >= 11 is 0. The molecule has 0 N–H and O–H groups in total. The smallest absolute Gasteiger partial charge is 0.179 e. The predicted octanol–water partition coefficient (Wildman–Crippen LogP) is 1.07. The maximum absolute atomic E-state index is 6.04. The SMILES string of the molecule is COC(C#CC(C)(C)[N+](C)(C)C)(c1ccccc1)c1ccccc1.[I-]. The fourth-order valence-corrected chi connectivity index (χ4v) is 2.35. The van der Waals surface area contributed by atoms with Crippen LogP contribution in [0.15, 0.2) is 60.7 Å². The Kier molecular flexibility index (Phi) is 7.25. The Morgan fingerprint density at radius 1 is 0.760 bits per heavy atom. The predicted molar refractivity (Wildman–Crippen MR) is 101 cm³/mol. The zero-order valence-corrected chi connectivity index (χ0v) is 18.2. The molecule has 0 aromatic heterocycles. The molecule has 0 aliphatic rings. The van der Waals surface area contributed by atoms with Crippen LogP contribution in [0.5, 0.6) is 0 Å². The number of hydrogen-bond acceptors (Lipinski definition) is 1. The Bertz CT molecular complexity index is 682. The molecule has 2 nitrogen and oxygen atoms in total. The van der Waals surface area contributed by atoms with Gasteiger partial charge in [-0.15, -0.1) is 0 Å². The number of quaternary nitrogens is 1. The third-order valence-electron chi connectivity index (χ3n) is 4.89. The lowest BCUT2D eigenvalue weighted by molar-refractivity contribution is -0.909. The van der Waals surface area contributed by atoms with E-state index in [1.807, 2.05) is 36.4 Å². The second kappa shape index (κ2) is 8.35. The summed E-state index contributed by atoms with van der Waals surface area (Å²) in [6, 6.07) is 20.4. The molecule has 3 heteroatoms. The Balaban J connectivity index is 0.00000312. The van der Waals surface area contributed by atoms with Gasteiger partial charge in [0.1, 0.15) is 0 Å². The summed E-state index contributed by atoms with van der Waals surface area (Å²) in [5.74, 6) is 6.96. The molecule has 0 spiro atoms. The Hall–Kier alpha value is -1.35. The summed E-state index contributed by atoms with van der Waals surface area (Å²) in [6.45, 7) is 4.33. The average Bonchev–Trinajstić information content (AvgIpc) is 2.57. The van der Waals surface area contributed by atoms with Gasteiger partial charge in [0, 0.05) is 32.1 Å². The highest BCUT2D eigenvalue weighted by atomic mass is 127. The number of nitrogens with zero attached hydrogens (tertiary/aromatic N) is 1. The lowest BCUT2D eigenvalue weighted by atomic mass is 9.85. The first-order valence-corrected chi connectivity index (χ1v) is 8.25. The second-order valence-electron chi connectivity index (χ2n) is 7.44. The number of halogens is 1. The molecule has 0 bridgehead atoms. The molecule has 0 saturated carbocycles. The minimum atomic E-state index is -0.769. The molecule has 0 radical (unpaired) electrons. The molecule has 0 unspecified atom stereocenters. The molecule has 0 heterocycles. The lowest BCUT2D eigenvalue weighted by Gasteiger charge is -2.38. The summed E-state index contributed by atoms with van der Waals surface area (Å²) < 4.78 is 6.79. The zero-order valence-electron chi connectivity index (χ0n) is 16.0.